The number of carbonyl (C=O) groups is 2. The summed E-state index contributed by atoms with van der Waals surface area (Å²) in [5.74, 6) is 1.54. The van der Waals surface area contributed by atoms with Gasteiger partial charge in [0.25, 0.3) is 0 Å². The van der Waals surface area contributed by atoms with E-state index in [4.69, 9.17) is 16.2 Å². The van der Waals surface area contributed by atoms with Gasteiger partial charge in [0, 0.05) is 57.6 Å². The number of nitrogens with one attached hydrogen (secondary N) is 1. The fourth-order valence-electron chi connectivity index (χ4n) is 6.34. The van der Waals surface area contributed by atoms with Crippen LogP contribution in [-0.2, 0) is 11.2 Å². The molecular formula is C28H38N8O4. The number of benzene rings is 1. The van der Waals surface area contributed by atoms with E-state index in [1.54, 1.807) is 35.9 Å². The number of carbonyl (C=O) groups excluding carboxylic acids is 2. The number of nitrogens with two attached hydrogens (primary N) is 2. The van der Waals surface area contributed by atoms with Gasteiger partial charge < -0.3 is 26.0 Å². The van der Waals surface area contributed by atoms with Crippen molar-refractivity contribution >= 4 is 17.8 Å². The Hall–Kier alpha value is -3.48. The van der Waals surface area contributed by atoms with Crippen molar-refractivity contribution in [3.8, 4) is 11.4 Å². The van der Waals surface area contributed by atoms with E-state index < -0.39 is 11.2 Å². The number of amides is 3. The molecule has 5 N–H and O–H groups in total. The predicted octanol–water partition coefficient (Wildman–Crippen LogP) is 0.230. The second-order valence-corrected chi connectivity index (χ2v) is 12.3. The van der Waals surface area contributed by atoms with Gasteiger partial charge in [-0.15, -0.1) is 0 Å². The normalized spacial score (nSPS) is 26.1. The maximum absolute atomic E-state index is 12.9. The van der Waals surface area contributed by atoms with Gasteiger partial charge in [0.15, 0.2) is 0 Å². The number of anilines is 1. The Labute approximate surface area is 233 Å². The molecule has 4 aliphatic rings. The number of urea groups is 1. The van der Waals surface area contributed by atoms with Crippen LogP contribution in [0.1, 0.15) is 25.8 Å². The van der Waals surface area contributed by atoms with Crippen LogP contribution in [0.3, 0.4) is 0 Å². The first-order valence-electron chi connectivity index (χ1n) is 14.0. The third-order valence-electron chi connectivity index (χ3n) is 8.91. The van der Waals surface area contributed by atoms with Crippen LogP contribution < -0.4 is 27.2 Å². The van der Waals surface area contributed by atoms with E-state index in [1.165, 1.54) is 11.0 Å². The van der Waals surface area contributed by atoms with Crippen molar-refractivity contribution in [2.75, 3.05) is 57.7 Å². The van der Waals surface area contributed by atoms with E-state index in [2.05, 4.69) is 15.2 Å². The maximum Gasteiger partial charge on any atom is 0.354 e. The largest absolute Gasteiger partial charge is 0.492 e. The molecule has 12 nitrogen and oxygen atoms in total. The number of nitrogens with zero attached hydrogens (tertiary/aromatic N) is 5. The monoisotopic (exact) mass is 550 g/mol. The topological polar surface area (TPSA) is 152 Å². The summed E-state index contributed by atoms with van der Waals surface area (Å²) in [7, 11) is 0. The van der Waals surface area contributed by atoms with Crippen molar-refractivity contribution in [1.29, 1.82) is 0 Å². The van der Waals surface area contributed by atoms with Gasteiger partial charge in [-0.2, -0.15) is 4.98 Å². The summed E-state index contributed by atoms with van der Waals surface area (Å²) in [5, 5.41) is 2.70. The molecule has 2 aromatic rings. The first-order chi connectivity index (χ1) is 19.1. The number of aromatic nitrogens is 2. The molecule has 40 heavy (non-hydrogen) atoms. The van der Waals surface area contributed by atoms with Gasteiger partial charge in [-0.25, -0.2) is 9.59 Å². The highest BCUT2D eigenvalue weighted by Crippen LogP contribution is 2.57. The van der Waals surface area contributed by atoms with Crippen LogP contribution in [-0.4, -0.2) is 100 Å². The minimum Gasteiger partial charge on any atom is -0.492 e. The lowest BCUT2D eigenvalue weighted by molar-refractivity contribution is -0.137. The Bertz CT molecular complexity index is 1380. The van der Waals surface area contributed by atoms with Gasteiger partial charge in [-0.3, -0.25) is 19.6 Å². The van der Waals surface area contributed by atoms with E-state index in [-0.39, 0.29) is 17.8 Å². The molecule has 0 spiro atoms. The molecule has 3 atom stereocenters. The average molecular weight is 551 g/mol. The van der Waals surface area contributed by atoms with Gasteiger partial charge in [-0.1, -0.05) is 6.07 Å². The van der Waals surface area contributed by atoms with Crippen molar-refractivity contribution in [2.45, 2.75) is 38.3 Å². The van der Waals surface area contributed by atoms with Crippen molar-refractivity contribution in [3.05, 3.63) is 46.5 Å². The minimum absolute atomic E-state index is 0.145. The molecule has 214 valence electrons. The number of piperazine rings is 1. The Kier molecular flexibility index (Phi) is 6.59. The molecule has 0 bridgehead atoms. The summed E-state index contributed by atoms with van der Waals surface area (Å²) in [6.07, 6.45) is 3.76. The summed E-state index contributed by atoms with van der Waals surface area (Å²) in [6, 6.07) is 7.37. The van der Waals surface area contributed by atoms with Crippen LogP contribution in [0.25, 0.3) is 5.69 Å². The summed E-state index contributed by atoms with van der Waals surface area (Å²) in [5.41, 5.74) is 12.6. The molecule has 6 rings (SSSR count). The lowest BCUT2D eigenvalue weighted by Gasteiger charge is -2.37. The number of fused-ring (bicyclic) bond motifs is 2. The third-order valence-corrected chi connectivity index (χ3v) is 8.91. The predicted molar refractivity (Wildman–Crippen MR) is 149 cm³/mol. The molecule has 3 amide bonds. The van der Waals surface area contributed by atoms with Crippen molar-refractivity contribution < 1.29 is 14.3 Å². The summed E-state index contributed by atoms with van der Waals surface area (Å²) in [6.45, 7) is 8.42. The van der Waals surface area contributed by atoms with Crippen molar-refractivity contribution in [1.82, 2.24) is 24.3 Å². The number of rotatable bonds is 5. The van der Waals surface area contributed by atoms with Gasteiger partial charge in [0.05, 0.1) is 11.2 Å². The van der Waals surface area contributed by atoms with Gasteiger partial charge in [-0.05, 0) is 62.3 Å². The van der Waals surface area contributed by atoms with Gasteiger partial charge in [0.1, 0.15) is 18.2 Å². The lowest BCUT2D eigenvalue weighted by atomic mass is 10.00. The van der Waals surface area contributed by atoms with Crippen LogP contribution in [0.2, 0.25) is 0 Å². The van der Waals surface area contributed by atoms with Crippen molar-refractivity contribution in [2.24, 2.45) is 22.8 Å². The smallest absolute Gasteiger partial charge is 0.354 e. The van der Waals surface area contributed by atoms with E-state index >= 15 is 0 Å². The molecule has 1 saturated carbocycles. The number of hydrogen-bond acceptors (Lipinski definition) is 8. The lowest BCUT2D eigenvalue weighted by Crippen LogP contribution is -2.58. The summed E-state index contributed by atoms with van der Waals surface area (Å²) >= 11 is 0. The van der Waals surface area contributed by atoms with E-state index in [0.29, 0.717) is 49.9 Å². The van der Waals surface area contributed by atoms with Crippen LogP contribution in [0.4, 0.5) is 10.6 Å². The average Bonchev–Trinajstić information content (AvgIpc) is 3.51. The molecule has 12 heteroatoms. The first kappa shape index (κ1) is 26.7. The molecule has 3 fully saturated rings. The Morgan fingerprint density at radius 2 is 1.93 bits per heavy atom. The fraction of sp³-hybridized carbons (Fsp3) is 0.571. The first-order valence-corrected chi connectivity index (χ1v) is 14.0. The molecule has 1 aliphatic carbocycles. The van der Waals surface area contributed by atoms with Crippen LogP contribution in [0.5, 0.6) is 5.75 Å². The van der Waals surface area contributed by atoms with E-state index in [1.807, 2.05) is 18.2 Å². The van der Waals surface area contributed by atoms with Gasteiger partial charge >= 0.3 is 11.7 Å². The zero-order valence-electron chi connectivity index (χ0n) is 23.1. The van der Waals surface area contributed by atoms with Crippen LogP contribution in [0.15, 0.2) is 35.3 Å². The highest BCUT2D eigenvalue weighted by molar-refractivity contribution is 5.89. The SMILES string of the molecule is CC(C)(N)C(=O)N1CCN(C(=O)Nc2ccn(-c3ccc4c(c3)OCC(N3CC5CC5(CN)C3)C4)c(=O)n2)CC1. The zero-order chi connectivity index (χ0) is 28.2. The number of ether oxygens (including phenoxy) is 1. The summed E-state index contributed by atoms with van der Waals surface area (Å²) in [4.78, 5) is 47.9. The number of likely N-dealkylation sites (tertiary alicyclic amines) is 1. The highest BCUT2D eigenvalue weighted by Gasteiger charge is 2.59. The van der Waals surface area contributed by atoms with Crippen LogP contribution in [0, 0.1) is 11.3 Å². The standard InChI is InChI=1S/C28H38N8O4/c1-27(2,30)24(37)33-7-9-34(10-8-33)25(38)31-23-5-6-36(26(39)32-23)20-4-3-18-11-21(15-40-22(18)12-20)35-14-19-13-28(19,16-29)17-35/h3-6,12,19,21H,7-11,13-17,29-30H2,1-2H3,(H,31,32,38,39). The highest BCUT2D eigenvalue weighted by atomic mass is 16.5. The molecule has 4 heterocycles. The second kappa shape index (κ2) is 9.86. The number of piperidine rings is 1. The Balaban J connectivity index is 1.06. The van der Waals surface area contributed by atoms with E-state index in [0.717, 1.165) is 43.3 Å². The molecular weight excluding hydrogens is 512 g/mol. The molecule has 0 radical (unpaired) electrons. The zero-order valence-corrected chi connectivity index (χ0v) is 23.1. The molecule has 3 aliphatic heterocycles. The molecule has 1 aromatic heterocycles. The molecule has 2 saturated heterocycles. The number of hydrogen-bond donors (Lipinski definition) is 3. The van der Waals surface area contributed by atoms with Crippen molar-refractivity contribution in [3.63, 3.8) is 0 Å². The second-order valence-electron chi connectivity index (χ2n) is 12.3. The molecule has 1 aromatic carbocycles. The van der Waals surface area contributed by atoms with E-state index in [9.17, 15) is 14.4 Å². The Morgan fingerprint density at radius 1 is 1.18 bits per heavy atom. The molecule has 3 unspecified atom stereocenters. The maximum atomic E-state index is 12.9. The Morgan fingerprint density at radius 3 is 2.60 bits per heavy atom. The van der Waals surface area contributed by atoms with Gasteiger partial charge in [0.2, 0.25) is 5.91 Å². The quantitative estimate of drug-likeness (QED) is 0.479. The third kappa shape index (κ3) is 4.95. The fourth-order valence-corrected chi connectivity index (χ4v) is 6.34. The summed E-state index contributed by atoms with van der Waals surface area (Å²) < 4.78 is 7.58. The van der Waals surface area contributed by atoms with Crippen LogP contribution >= 0.6 is 0 Å². The minimum atomic E-state index is -0.951.